The first kappa shape index (κ1) is 12.0. The number of amides is 1. The Labute approximate surface area is 93.8 Å². The number of hydrogen-bond acceptors (Lipinski definition) is 3. The largest absolute Gasteiger partial charge is 0.463 e. The fraction of sp³-hybridized carbons (Fsp3) is 0.600. The SMILES string of the molecule is CCOC(=O)/C=C1\CCCN1C(=O)CCl. The highest BCUT2D eigenvalue weighted by molar-refractivity contribution is 6.27. The Bertz CT molecular complexity index is 288. The number of carbonyl (C=O) groups is 2. The van der Waals surface area contributed by atoms with Crippen LogP contribution in [0.1, 0.15) is 19.8 Å². The van der Waals surface area contributed by atoms with Gasteiger partial charge in [-0.2, -0.15) is 0 Å². The minimum absolute atomic E-state index is 0.0554. The lowest BCUT2D eigenvalue weighted by Gasteiger charge is -2.15. The van der Waals surface area contributed by atoms with Gasteiger partial charge < -0.3 is 9.64 Å². The topological polar surface area (TPSA) is 46.6 Å². The number of halogens is 1. The molecule has 15 heavy (non-hydrogen) atoms. The summed E-state index contributed by atoms with van der Waals surface area (Å²) in [4.78, 5) is 24.1. The second-order valence-electron chi connectivity index (χ2n) is 3.17. The van der Waals surface area contributed by atoms with Crippen LogP contribution in [0.2, 0.25) is 0 Å². The predicted octanol–water partition coefficient (Wildman–Crippen LogP) is 1.29. The summed E-state index contributed by atoms with van der Waals surface area (Å²) in [7, 11) is 0. The van der Waals surface area contributed by atoms with Crippen molar-refractivity contribution in [3.63, 3.8) is 0 Å². The van der Waals surface area contributed by atoms with Crippen LogP contribution in [-0.2, 0) is 14.3 Å². The van der Waals surface area contributed by atoms with Crippen LogP contribution in [0.4, 0.5) is 0 Å². The third-order valence-corrected chi connectivity index (χ3v) is 2.38. The molecule has 1 fully saturated rings. The summed E-state index contributed by atoms with van der Waals surface area (Å²) >= 11 is 5.46. The number of allylic oxidation sites excluding steroid dienone is 1. The maximum atomic E-state index is 11.4. The van der Waals surface area contributed by atoms with Gasteiger partial charge in [-0.25, -0.2) is 4.79 Å². The Hall–Kier alpha value is -1.03. The molecule has 1 amide bonds. The van der Waals surface area contributed by atoms with Gasteiger partial charge in [-0.3, -0.25) is 4.79 Å². The molecule has 0 saturated carbocycles. The summed E-state index contributed by atoms with van der Waals surface area (Å²) in [6.45, 7) is 2.72. The van der Waals surface area contributed by atoms with Crippen molar-refractivity contribution in [1.82, 2.24) is 4.90 Å². The maximum Gasteiger partial charge on any atom is 0.332 e. The molecule has 0 N–H and O–H groups in total. The first-order valence-electron chi connectivity index (χ1n) is 4.92. The fourth-order valence-electron chi connectivity index (χ4n) is 1.52. The smallest absolute Gasteiger partial charge is 0.332 e. The van der Waals surface area contributed by atoms with Gasteiger partial charge in [0.2, 0.25) is 5.91 Å². The fourth-order valence-corrected chi connectivity index (χ4v) is 1.67. The molecule has 1 heterocycles. The first-order chi connectivity index (χ1) is 7.19. The van der Waals surface area contributed by atoms with Crippen LogP contribution in [0, 0.1) is 0 Å². The molecule has 0 aromatic heterocycles. The number of ether oxygens (including phenoxy) is 1. The van der Waals surface area contributed by atoms with E-state index in [4.69, 9.17) is 16.3 Å². The van der Waals surface area contributed by atoms with Crippen LogP contribution in [0.15, 0.2) is 11.8 Å². The summed E-state index contributed by atoms with van der Waals surface area (Å²) in [6.07, 6.45) is 2.97. The van der Waals surface area contributed by atoms with Crippen LogP contribution < -0.4 is 0 Å². The quantitative estimate of drug-likeness (QED) is 0.418. The average molecular weight is 232 g/mol. The van der Waals surface area contributed by atoms with Crippen molar-refractivity contribution >= 4 is 23.5 Å². The average Bonchev–Trinajstić information content (AvgIpc) is 2.65. The molecule has 0 aromatic carbocycles. The van der Waals surface area contributed by atoms with Crippen molar-refractivity contribution in [3.8, 4) is 0 Å². The molecule has 1 aliphatic heterocycles. The van der Waals surface area contributed by atoms with Gasteiger partial charge in [0.25, 0.3) is 0 Å². The van der Waals surface area contributed by atoms with Gasteiger partial charge in [-0.1, -0.05) is 0 Å². The Morgan fingerprint density at radius 3 is 2.93 bits per heavy atom. The molecule has 4 nitrogen and oxygen atoms in total. The van der Waals surface area contributed by atoms with E-state index < -0.39 is 5.97 Å². The number of esters is 1. The third kappa shape index (κ3) is 3.23. The monoisotopic (exact) mass is 231 g/mol. The molecule has 0 spiro atoms. The van der Waals surface area contributed by atoms with Gasteiger partial charge in [0.1, 0.15) is 5.88 Å². The second kappa shape index (κ2) is 5.75. The number of alkyl halides is 1. The molecule has 0 aromatic rings. The highest BCUT2D eigenvalue weighted by Crippen LogP contribution is 2.21. The van der Waals surface area contributed by atoms with Crippen molar-refractivity contribution in [3.05, 3.63) is 11.8 Å². The summed E-state index contributed by atoms with van der Waals surface area (Å²) in [5.41, 5.74) is 0.708. The number of likely N-dealkylation sites (tertiary alicyclic amines) is 1. The predicted molar refractivity (Wildman–Crippen MR) is 56.4 cm³/mol. The van der Waals surface area contributed by atoms with Crippen molar-refractivity contribution in [1.29, 1.82) is 0 Å². The molecular formula is C10H14ClNO3. The molecule has 5 heteroatoms. The van der Waals surface area contributed by atoms with E-state index in [0.29, 0.717) is 18.8 Å². The van der Waals surface area contributed by atoms with Gasteiger partial charge in [-0.05, 0) is 19.8 Å². The molecular weight excluding hydrogens is 218 g/mol. The minimum atomic E-state index is -0.401. The van der Waals surface area contributed by atoms with Crippen LogP contribution >= 0.6 is 11.6 Å². The Morgan fingerprint density at radius 1 is 1.60 bits per heavy atom. The molecule has 84 valence electrons. The van der Waals surface area contributed by atoms with E-state index >= 15 is 0 Å². The summed E-state index contributed by atoms with van der Waals surface area (Å²) in [5.74, 6) is -0.619. The van der Waals surface area contributed by atoms with Gasteiger partial charge in [0, 0.05) is 18.3 Å². The van der Waals surface area contributed by atoms with Gasteiger partial charge in [-0.15, -0.1) is 11.6 Å². The summed E-state index contributed by atoms with van der Waals surface area (Å²) in [6, 6.07) is 0. The lowest BCUT2D eigenvalue weighted by Crippen LogP contribution is -2.27. The van der Waals surface area contributed by atoms with Crippen molar-refractivity contribution in [2.75, 3.05) is 19.0 Å². The van der Waals surface area contributed by atoms with E-state index in [2.05, 4.69) is 0 Å². The van der Waals surface area contributed by atoms with Gasteiger partial charge >= 0.3 is 5.97 Å². The van der Waals surface area contributed by atoms with Gasteiger partial charge in [0.15, 0.2) is 0 Å². The zero-order valence-corrected chi connectivity index (χ0v) is 9.42. The molecule has 0 aliphatic carbocycles. The van der Waals surface area contributed by atoms with E-state index in [1.165, 1.54) is 6.08 Å². The van der Waals surface area contributed by atoms with E-state index in [9.17, 15) is 9.59 Å². The Morgan fingerprint density at radius 2 is 2.33 bits per heavy atom. The van der Waals surface area contributed by atoms with Crippen molar-refractivity contribution in [2.24, 2.45) is 0 Å². The molecule has 1 aliphatic rings. The van der Waals surface area contributed by atoms with Crippen molar-refractivity contribution < 1.29 is 14.3 Å². The van der Waals surface area contributed by atoms with Gasteiger partial charge in [0.05, 0.1) is 6.61 Å². The first-order valence-corrected chi connectivity index (χ1v) is 5.46. The van der Waals surface area contributed by atoms with E-state index in [-0.39, 0.29) is 11.8 Å². The van der Waals surface area contributed by atoms with Crippen LogP contribution in [0.3, 0.4) is 0 Å². The van der Waals surface area contributed by atoms with Crippen LogP contribution in [0.5, 0.6) is 0 Å². The third-order valence-electron chi connectivity index (χ3n) is 2.15. The second-order valence-corrected chi connectivity index (χ2v) is 3.44. The standard InChI is InChI=1S/C10H14ClNO3/c1-2-15-10(14)6-8-4-3-5-12(8)9(13)7-11/h6H,2-5,7H2,1H3/b8-6+. The van der Waals surface area contributed by atoms with Crippen LogP contribution in [0.25, 0.3) is 0 Å². The minimum Gasteiger partial charge on any atom is -0.463 e. The molecule has 0 radical (unpaired) electrons. The number of nitrogens with zero attached hydrogens (tertiary/aromatic N) is 1. The molecule has 0 bridgehead atoms. The zero-order chi connectivity index (χ0) is 11.3. The highest BCUT2D eigenvalue weighted by Gasteiger charge is 2.23. The van der Waals surface area contributed by atoms with Crippen molar-refractivity contribution in [2.45, 2.75) is 19.8 Å². The molecule has 1 rings (SSSR count). The summed E-state index contributed by atoms with van der Waals surface area (Å²) in [5, 5.41) is 0. The number of carbonyl (C=O) groups excluding carboxylic acids is 2. The van der Waals surface area contributed by atoms with Crippen LogP contribution in [-0.4, -0.2) is 35.8 Å². The normalized spacial score (nSPS) is 18.3. The Kier molecular flexibility index (Phi) is 4.62. The Balaban J connectivity index is 2.67. The number of rotatable bonds is 3. The highest BCUT2D eigenvalue weighted by atomic mass is 35.5. The lowest BCUT2D eigenvalue weighted by atomic mass is 10.3. The van der Waals surface area contributed by atoms with E-state index in [1.54, 1.807) is 11.8 Å². The number of hydrogen-bond donors (Lipinski definition) is 0. The molecule has 1 saturated heterocycles. The zero-order valence-electron chi connectivity index (χ0n) is 8.66. The molecule has 0 atom stereocenters. The maximum absolute atomic E-state index is 11.4. The molecule has 0 unspecified atom stereocenters. The summed E-state index contributed by atoms with van der Waals surface area (Å²) < 4.78 is 4.78. The lowest BCUT2D eigenvalue weighted by molar-refractivity contribution is -0.137. The van der Waals surface area contributed by atoms with E-state index in [0.717, 1.165) is 12.8 Å². The van der Waals surface area contributed by atoms with E-state index in [1.807, 2.05) is 0 Å².